The largest absolute Gasteiger partial charge is 0.353 e. The molecule has 2 aromatic rings. The van der Waals surface area contributed by atoms with Gasteiger partial charge in [0.1, 0.15) is 5.82 Å². The van der Waals surface area contributed by atoms with E-state index in [0.717, 1.165) is 5.56 Å². The number of nitrogens with one attached hydrogen (secondary N) is 3. The van der Waals surface area contributed by atoms with E-state index in [1.807, 2.05) is 30.3 Å². The molecular weight excluding hydrogens is 411 g/mol. The highest BCUT2D eigenvalue weighted by Crippen LogP contribution is 2.26. The predicted molar refractivity (Wildman–Crippen MR) is 117 cm³/mol. The van der Waals surface area contributed by atoms with Crippen LogP contribution in [-0.2, 0) is 16.1 Å². The van der Waals surface area contributed by atoms with Gasteiger partial charge in [-0.25, -0.2) is 4.39 Å². The SMILES string of the molecule is O=C(CCC1CNC(=O)C2CC(NC(=O)c3cccc(F)c3)CN12)NCc1ccccc1. The topological polar surface area (TPSA) is 90.5 Å². The second kappa shape index (κ2) is 9.91. The maximum Gasteiger partial charge on any atom is 0.251 e. The van der Waals surface area contributed by atoms with Crippen LogP contribution < -0.4 is 16.0 Å². The maximum absolute atomic E-state index is 13.4. The summed E-state index contributed by atoms with van der Waals surface area (Å²) in [6.45, 7) is 1.49. The normalized spacial score (nSPS) is 22.7. The Morgan fingerprint density at radius 1 is 1.12 bits per heavy atom. The van der Waals surface area contributed by atoms with E-state index in [1.165, 1.54) is 18.2 Å². The van der Waals surface area contributed by atoms with E-state index in [0.29, 0.717) is 38.9 Å². The van der Waals surface area contributed by atoms with E-state index in [1.54, 1.807) is 6.07 Å². The van der Waals surface area contributed by atoms with E-state index in [2.05, 4.69) is 20.9 Å². The molecule has 2 aromatic carbocycles. The number of carbonyl (C=O) groups excluding carboxylic acids is 3. The standard InChI is InChI=1S/C24H27FN4O3/c25-18-8-4-7-17(11-18)23(31)28-19-12-21-24(32)27-14-20(29(21)15-19)9-10-22(30)26-13-16-5-2-1-3-6-16/h1-8,11,19-21H,9-10,12-15H2,(H,26,30)(H,27,32)(H,28,31). The number of fused-ring (bicyclic) bond motifs is 1. The van der Waals surface area contributed by atoms with Crippen molar-refractivity contribution in [3.8, 4) is 0 Å². The maximum atomic E-state index is 13.4. The second-order valence-electron chi connectivity index (χ2n) is 8.33. The van der Waals surface area contributed by atoms with Crippen LogP contribution in [0, 0.1) is 5.82 Å². The molecule has 3 N–H and O–H groups in total. The van der Waals surface area contributed by atoms with E-state index < -0.39 is 5.82 Å². The minimum atomic E-state index is -0.466. The summed E-state index contributed by atoms with van der Waals surface area (Å²) in [4.78, 5) is 39.2. The lowest BCUT2D eigenvalue weighted by atomic mass is 10.0. The fourth-order valence-corrected chi connectivity index (χ4v) is 4.43. The summed E-state index contributed by atoms with van der Waals surface area (Å²) in [5, 5.41) is 8.77. The molecule has 7 nitrogen and oxygen atoms in total. The zero-order valence-electron chi connectivity index (χ0n) is 17.7. The summed E-state index contributed by atoms with van der Waals surface area (Å²) in [7, 11) is 0. The third kappa shape index (κ3) is 5.31. The van der Waals surface area contributed by atoms with Gasteiger partial charge in [0.05, 0.1) is 6.04 Å². The van der Waals surface area contributed by atoms with Gasteiger partial charge in [-0.1, -0.05) is 36.4 Å². The monoisotopic (exact) mass is 438 g/mol. The first-order chi connectivity index (χ1) is 15.5. The highest BCUT2D eigenvalue weighted by atomic mass is 19.1. The molecule has 0 saturated carbocycles. The van der Waals surface area contributed by atoms with Crippen LogP contribution in [0.3, 0.4) is 0 Å². The molecule has 0 radical (unpaired) electrons. The van der Waals surface area contributed by atoms with Crippen molar-refractivity contribution in [2.75, 3.05) is 13.1 Å². The smallest absolute Gasteiger partial charge is 0.251 e. The van der Waals surface area contributed by atoms with Crippen molar-refractivity contribution in [3.05, 3.63) is 71.5 Å². The minimum Gasteiger partial charge on any atom is -0.353 e. The highest BCUT2D eigenvalue weighted by molar-refractivity contribution is 5.94. The van der Waals surface area contributed by atoms with Crippen LogP contribution >= 0.6 is 0 Å². The number of benzene rings is 2. The van der Waals surface area contributed by atoms with Gasteiger partial charge >= 0.3 is 0 Å². The van der Waals surface area contributed by atoms with Crippen molar-refractivity contribution in [1.82, 2.24) is 20.9 Å². The zero-order chi connectivity index (χ0) is 22.5. The van der Waals surface area contributed by atoms with Crippen molar-refractivity contribution >= 4 is 17.7 Å². The second-order valence-corrected chi connectivity index (χ2v) is 8.33. The first kappa shape index (κ1) is 22.0. The van der Waals surface area contributed by atoms with Crippen molar-refractivity contribution in [2.45, 2.75) is 43.9 Å². The molecule has 2 fully saturated rings. The Morgan fingerprint density at radius 3 is 2.72 bits per heavy atom. The third-order valence-corrected chi connectivity index (χ3v) is 6.08. The molecule has 4 rings (SSSR count). The Bertz CT molecular complexity index is 984. The number of halogens is 1. The number of hydrogen-bond acceptors (Lipinski definition) is 4. The number of hydrogen-bond donors (Lipinski definition) is 3. The van der Waals surface area contributed by atoms with Crippen LogP contribution in [0.25, 0.3) is 0 Å². The van der Waals surface area contributed by atoms with Crippen LogP contribution in [0.15, 0.2) is 54.6 Å². The average molecular weight is 439 g/mol. The Labute approximate surface area is 186 Å². The van der Waals surface area contributed by atoms with Crippen molar-refractivity contribution in [1.29, 1.82) is 0 Å². The quantitative estimate of drug-likeness (QED) is 0.613. The summed E-state index contributed by atoms with van der Waals surface area (Å²) in [6.07, 6.45) is 1.46. The van der Waals surface area contributed by atoms with Crippen molar-refractivity contribution in [3.63, 3.8) is 0 Å². The molecule has 168 valence electrons. The van der Waals surface area contributed by atoms with Gasteiger partial charge in [0.25, 0.3) is 5.91 Å². The van der Waals surface area contributed by atoms with Gasteiger partial charge in [0.2, 0.25) is 11.8 Å². The lowest BCUT2D eigenvalue weighted by Gasteiger charge is -2.37. The Morgan fingerprint density at radius 2 is 1.94 bits per heavy atom. The van der Waals surface area contributed by atoms with Gasteiger partial charge in [-0.15, -0.1) is 0 Å². The molecule has 2 saturated heterocycles. The molecule has 2 aliphatic rings. The first-order valence-electron chi connectivity index (χ1n) is 10.9. The van der Waals surface area contributed by atoms with Crippen LogP contribution in [0.5, 0.6) is 0 Å². The predicted octanol–water partition coefficient (Wildman–Crippen LogP) is 1.59. The molecule has 0 aliphatic carbocycles. The van der Waals surface area contributed by atoms with Gasteiger partial charge in [-0.3, -0.25) is 19.3 Å². The zero-order valence-corrected chi connectivity index (χ0v) is 17.7. The summed E-state index contributed by atoms with van der Waals surface area (Å²) in [6, 6.07) is 14.7. The molecule has 3 unspecified atom stereocenters. The summed E-state index contributed by atoms with van der Waals surface area (Å²) in [5.74, 6) is -0.909. The minimum absolute atomic E-state index is 0.0243. The molecule has 0 spiro atoms. The van der Waals surface area contributed by atoms with Crippen LogP contribution in [0.4, 0.5) is 4.39 Å². The Kier molecular flexibility index (Phi) is 6.80. The lowest BCUT2D eigenvalue weighted by Crippen LogP contribution is -2.58. The Balaban J connectivity index is 1.30. The molecule has 0 bridgehead atoms. The number of nitrogens with zero attached hydrogens (tertiary/aromatic N) is 1. The summed E-state index contributed by atoms with van der Waals surface area (Å²) >= 11 is 0. The number of rotatable bonds is 7. The van der Waals surface area contributed by atoms with Gasteiger partial charge < -0.3 is 16.0 Å². The van der Waals surface area contributed by atoms with Gasteiger partial charge in [-0.05, 0) is 36.6 Å². The number of amides is 3. The molecule has 2 heterocycles. The first-order valence-corrected chi connectivity index (χ1v) is 10.9. The van der Waals surface area contributed by atoms with E-state index in [9.17, 15) is 18.8 Å². The molecule has 0 aromatic heterocycles. The van der Waals surface area contributed by atoms with Crippen molar-refractivity contribution in [2.24, 2.45) is 0 Å². The molecule has 3 atom stereocenters. The van der Waals surface area contributed by atoms with Crippen LogP contribution in [-0.4, -0.2) is 53.8 Å². The average Bonchev–Trinajstić information content (AvgIpc) is 3.22. The van der Waals surface area contributed by atoms with Crippen molar-refractivity contribution < 1.29 is 18.8 Å². The van der Waals surface area contributed by atoms with Crippen LogP contribution in [0.1, 0.15) is 35.2 Å². The van der Waals surface area contributed by atoms with E-state index in [4.69, 9.17) is 0 Å². The summed E-state index contributed by atoms with van der Waals surface area (Å²) in [5.41, 5.74) is 1.30. The van der Waals surface area contributed by atoms with E-state index >= 15 is 0 Å². The number of carbonyl (C=O) groups is 3. The van der Waals surface area contributed by atoms with Gasteiger partial charge in [-0.2, -0.15) is 0 Å². The Hall–Kier alpha value is -3.26. The van der Waals surface area contributed by atoms with Gasteiger partial charge in [0, 0.05) is 43.7 Å². The molecule has 2 aliphatic heterocycles. The lowest BCUT2D eigenvalue weighted by molar-refractivity contribution is -0.129. The van der Waals surface area contributed by atoms with Crippen LogP contribution in [0.2, 0.25) is 0 Å². The number of piperazine rings is 1. The fourth-order valence-electron chi connectivity index (χ4n) is 4.43. The highest BCUT2D eigenvalue weighted by Gasteiger charge is 2.43. The van der Waals surface area contributed by atoms with E-state index in [-0.39, 0.29) is 41.4 Å². The summed E-state index contributed by atoms with van der Waals surface area (Å²) < 4.78 is 13.4. The molecule has 8 heteroatoms. The third-order valence-electron chi connectivity index (χ3n) is 6.08. The fraction of sp³-hybridized carbons (Fsp3) is 0.375. The molecule has 3 amide bonds. The molecule has 32 heavy (non-hydrogen) atoms. The molecular formula is C24H27FN4O3. The van der Waals surface area contributed by atoms with Gasteiger partial charge in [0.15, 0.2) is 0 Å².